The SMILES string of the molecule is CC(C)Nc1cnccc1CN1CN(c2ccc(SC(F)(F)F)cc2)CC12CC2. The van der Waals surface area contributed by atoms with E-state index < -0.39 is 5.51 Å². The van der Waals surface area contributed by atoms with E-state index in [2.05, 4.69) is 40.0 Å². The molecule has 156 valence electrons. The van der Waals surface area contributed by atoms with Crippen molar-refractivity contribution in [1.29, 1.82) is 0 Å². The Balaban J connectivity index is 1.47. The Hall–Kier alpha value is -1.93. The smallest absolute Gasteiger partial charge is 0.381 e. The van der Waals surface area contributed by atoms with E-state index in [0.29, 0.717) is 6.04 Å². The predicted molar refractivity (Wildman–Crippen MR) is 111 cm³/mol. The normalized spacial score (nSPS) is 18.6. The Labute approximate surface area is 173 Å². The lowest BCUT2D eigenvalue weighted by Crippen LogP contribution is -2.32. The van der Waals surface area contributed by atoms with Crippen LogP contribution in [0.25, 0.3) is 0 Å². The molecule has 1 spiro atoms. The second-order valence-electron chi connectivity index (χ2n) is 8.14. The molecule has 4 rings (SSSR count). The number of alkyl halides is 3. The summed E-state index contributed by atoms with van der Waals surface area (Å²) in [6.07, 6.45) is 6.01. The zero-order chi connectivity index (χ0) is 20.6. The topological polar surface area (TPSA) is 31.4 Å². The van der Waals surface area contributed by atoms with Gasteiger partial charge >= 0.3 is 5.51 Å². The van der Waals surface area contributed by atoms with E-state index >= 15 is 0 Å². The van der Waals surface area contributed by atoms with Gasteiger partial charge in [0, 0.05) is 41.4 Å². The molecular formula is C21H25F3N4S. The number of anilines is 2. The van der Waals surface area contributed by atoms with Gasteiger partial charge in [-0.05, 0) is 74.3 Å². The number of benzene rings is 1. The summed E-state index contributed by atoms with van der Waals surface area (Å²) in [6, 6.07) is 9.10. The van der Waals surface area contributed by atoms with Crippen molar-refractivity contribution in [2.24, 2.45) is 0 Å². The van der Waals surface area contributed by atoms with Gasteiger partial charge in [0.1, 0.15) is 0 Å². The number of rotatable bonds is 6. The summed E-state index contributed by atoms with van der Waals surface area (Å²) >= 11 is -0.0690. The van der Waals surface area contributed by atoms with Gasteiger partial charge in [-0.2, -0.15) is 13.2 Å². The van der Waals surface area contributed by atoms with E-state index in [0.717, 1.165) is 44.0 Å². The molecule has 0 atom stereocenters. The molecule has 2 aliphatic rings. The molecule has 0 bridgehead atoms. The van der Waals surface area contributed by atoms with Crippen molar-refractivity contribution in [3.63, 3.8) is 0 Å². The average Bonchev–Trinajstić information content (AvgIpc) is 3.32. The number of halogens is 3. The third kappa shape index (κ3) is 4.80. The van der Waals surface area contributed by atoms with Crippen LogP contribution >= 0.6 is 11.8 Å². The van der Waals surface area contributed by atoms with Gasteiger partial charge in [-0.25, -0.2) is 0 Å². The first-order valence-corrected chi connectivity index (χ1v) is 10.6. The molecule has 1 aromatic carbocycles. The van der Waals surface area contributed by atoms with Crippen LogP contribution in [0.2, 0.25) is 0 Å². The fraction of sp³-hybridized carbons (Fsp3) is 0.476. The summed E-state index contributed by atoms with van der Waals surface area (Å²) < 4.78 is 37.7. The molecule has 0 unspecified atom stereocenters. The van der Waals surface area contributed by atoms with Gasteiger partial charge in [-0.1, -0.05) is 0 Å². The summed E-state index contributed by atoms with van der Waals surface area (Å²) in [5.74, 6) is 0. The quantitative estimate of drug-likeness (QED) is 0.637. The fourth-order valence-electron chi connectivity index (χ4n) is 3.94. The second-order valence-corrected chi connectivity index (χ2v) is 9.27. The van der Waals surface area contributed by atoms with Crippen molar-refractivity contribution in [2.75, 3.05) is 23.4 Å². The van der Waals surface area contributed by atoms with Gasteiger partial charge in [-0.3, -0.25) is 9.88 Å². The van der Waals surface area contributed by atoms with Gasteiger partial charge in [0.15, 0.2) is 0 Å². The first kappa shape index (κ1) is 20.3. The maximum atomic E-state index is 12.6. The van der Waals surface area contributed by atoms with Crippen LogP contribution in [-0.2, 0) is 6.54 Å². The van der Waals surface area contributed by atoms with Crippen LogP contribution in [-0.4, -0.2) is 40.2 Å². The van der Waals surface area contributed by atoms with Gasteiger partial charge in [0.2, 0.25) is 0 Å². The Kier molecular flexibility index (Phi) is 5.42. The molecule has 1 N–H and O–H groups in total. The van der Waals surface area contributed by atoms with E-state index in [9.17, 15) is 13.2 Å². The number of nitrogens with one attached hydrogen (secondary N) is 1. The molecule has 2 fully saturated rings. The number of nitrogens with zero attached hydrogens (tertiary/aromatic N) is 3. The summed E-state index contributed by atoms with van der Waals surface area (Å²) in [6.45, 7) is 6.73. The maximum Gasteiger partial charge on any atom is 0.446 e. The van der Waals surface area contributed by atoms with Gasteiger partial charge in [0.25, 0.3) is 0 Å². The third-order valence-corrected chi connectivity index (χ3v) is 6.22. The van der Waals surface area contributed by atoms with Crippen LogP contribution < -0.4 is 10.2 Å². The standard InChI is InChI=1S/C21H25F3N4S/c1-15(2)26-19-11-25-10-7-16(19)12-28-14-27(13-20(28)8-9-20)17-3-5-18(6-4-17)29-21(22,23)24/h3-7,10-11,15,26H,8-9,12-14H2,1-2H3. The zero-order valence-corrected chi connectivity index (χ0v) is 17.4. The molecule has 4 nitrogen and oxygen atoms in total. The number of pyridine rings is 1. The van der Waals surface area contributed by atoms with Crippen LogP contribution in [0.1, 0.15) is 32.3 Å². The zero-order valence-electron chi connectivity index (χ0n) is 16.5. The van der Waals surface area contributed by atoms with Gasteiger partial charge in [-0.15, -0.1) is 0 Å². The summed E-state index contributed by atoms with van der Waals surface area (Å²) in [5, 5.41) is 3.47. The lowest BCUT2D eigenvalue weighted by atomic mass is 10.1. The lowest BCUT2D eigenvalue weighted by Gasteiger charge is -2.24. The number of hydrogen-bond acceptors (Lipinski definition) is 5. The number of aromatic nitrogens is 1. The van der Waals surface area contributed by atoms with Crippen molar-refractivity contribution >= 4 is 23.1 Å². The highest BCUT2D eigenvalue weighted by Gasteiger charge is 2.53. The van der Waals surface area contributed by atoms with Crippen molar-refractivity contribution in [2.45, 2.75) is 55.2 Å². The fourth-order valence-corrected chi connectivity index (χ4v) is 4.48. The van der Waals surface area contributed by atoms with E-state index in [4.69, 9.17) is 0 Å². The Bertz CT molecular complexity index is 850. The molecule has 8 heteroatoms. The molecule has 0 amide bonds. The number of hydrogen-bond donors (Lipinski definition) is 1. The van der Waals surface area contributed by atoms with Crippen molar-refractivity contribution in [3.8, 4) is 0 Å². The van der Waals surface area contributed by atoms with Crippen molar-refractivity contribution in [3.05, 3.63) is 48.3 Å². The molecule has 1 saturated heterocycles. The second kappa shape index (κ2) is 7.72. The molecule has 1 aromatic heterocycles. The van der Waals surface area contributed by atoms with Crippen LogP contribution in [0.3, 0.4) is 0 Å². The molecular weight excluding hydrogens is 397 g/mol. The van der Waals surface area contributed by atoms with Crippen LogP contribution in [0, 0.1) is 0 Å². The van der Waals surface area contributed by atoms with E-state index in [1.165, 1.54) is 5.56 Å². The average molecular weight is 423 g/mol. The lowest BCUT2D eigenvalue weighted by molar-refractivity contribution is -0.0328. The third-order valence-electron chi connectivity index (χ3n) is 5.48. The first-order valence-electron chi connectivity index (χ1n) is 9.79. The molecule has 29 heavy (non-hydrogen) atoms. The largest absolute Gasteiger partial charge is 0.446 e. The molecule has 2 heterocycles. The minimum Gasteiger partial charge on any atom is -0.381 e. The monoisotopic (exact) mass is 422 g/mol. The summed E-state index contributed by atoms with van der Waals surface area (Å²) in [5.41, 5.74) is -0.821. The summed E-state index contributed by atoms with van der Waals surface area (Å²) in [4.78, 5) is 9.23. The minimum atomic E-state index is -4.25. The van der Waals surface area contributed by atoms with Crippen LogP contribution in [0.15, 0.2) is 47.6 Å². The Morgan fingerprint density at radius 3 is 2.52 bits per heavy atom. The van der Waals surface area contributed by atoms with Gasteiger partial charge in [0.05, 0.1) is 18.6 Å². The van der Waals surface area contributed by atoms with Crippen LogP contribution in [0.5, 0.6) is 0 Å². The van der Waals surface area contributed by atoms with Crippen molar-refractivity contribution < 1.29 is 13.2 Å². The molecule has 1 aliphatic carbocycles. The van der Waals surface area contributed by atoms with Gasteiger partial charge < -0.3 is 10.2 Å². The molecule has 0 radical (unpaired) electrons. The highest BCUT2D eigenvalue weighted by atomic mass is 32.2. The molecule has 1 saturated carbocycles. The maximum absolute atomic E-state index is 12.6. The Morgan fingerprint density at radius 1 is 1.17 bits per heavy atom. The first-order chi connectivity index (χ1) is 13.7. The summed E-state index contributed by atoms with van der Waals surface area (Å²) in [7, 11) is 0. The highest BCUT2D eigenvalue weighted by Crippen LogP contribution is 2.48. The predicted octanol–water partition coefficient (Wildman–Crippen LogP) is 5.33. The molecule has 2 aromatic rings. The van der Waals surface area contributed by atoms with E-state index in [1.807, 2.05) is 12.4 Å². The minimum absolute atomic E-state index is 0.0690. The highest BCUT2D eigenvalue weighted by molar-refractivity contribution is 8.00. The van der Waals surface area contributed by atoms with Crippen molar-refractivity contribution in [1.82, 2.24) is 9.88 Å². The van der Waals surface area contributed by atoms with Crippen LogP contribution in [0.4, 0.5) is 24.5 Å². The van der Waals surface area contributed by atoms with E-state index in [-0.39, 0.29) is 22.2 Å². The Morgan fingerprint density at radius 2 is 1.90 bits per heavy atom. The van der Waals surface area contributed by atoms with E-state index in [1.54, 1.807) is 24.3 Å². The molecule has 1 aliphatic heterocycles. The number of thioether (sulfide) groups is 1.